The Hall–Kier alpha value is -2.04. The number of rotatable bonds is 7. The summed E-state index contributed by atoms with van der Waals surface area (Å²) in [6.45, 7) is 5.04. The molecule has 1 aliphatic carbocycles. The van der Waals surface area contributed by atoms with Gasteiger partial charge in [-0.05, 0) is 80.2 Å². The van der Waals surface area contributed by atoms with Gasteiger partial charge < -0.3 is 9.52 Å². The van der Waals surface area contributed by atoms with Crippen LogP contribution in [0, 0.1) is 4.84 Å². The van der Waals surface area contributed by atoms with Gasteiger partial charge in [0.25, 0.3) is 4.84 Å². The number of hydrogen-bond donors (Lipinski definition) is 3. The molecule has 0 saturated carbocycles. The molecule has 0 saturated heterocycles. The third-order valence-corrected chi connectivity index (χ3v) is 8.03. The molecule has 2 aromatic carbocycles. The fourth-order valence-electron chi connectivity index (χ4n) is 4.37. The van der Waals surface area contributed by atoms with Crippen molar-refractivity contribution >= 4 is 33.8 Å². The lowest BCUT2D eigenvalue weighted by atomic mass is 9.88. The quantitative estimate of drug-likeness (QED) is 0.391. The summed E-state index contributed by atoms with van der Waals surface area (Å²) in [5.74, 6) is -0.126. The molecule has 176 valence electrons. The second-order valence-electron chi connectivity index (χ2n) is 8.88. The standard InChI is InChI=1S/C23H26ClN3O4S2/c1-13(16-8-4-6-14-7-5-9-17(14)16)20(21-25-26-22(32)31-21)27-33(29,30)15-10-11-19(24)18(12-15)23(2,3)28/h4,6,8,10-13,20,27-28H,5,7,9H2,1-3H3,(H,26,32). The van der Waals surface area contributed by atoms with Gasteiger partial charge in [0.2, 0.25) is 15.9 Å². The molecule has 1 heterocycles. The number of benzene rings is 2. The van der Waals surface area contributed by atoms with Crippen LogP contribution in [0.3, 0.4) is 0 Å². The van der Waals surface area contributed by atoms with Crippen LogP contribution >= 0.6 is 23.8 Å². The smallest absolute Gasteiger partial charge is 0.284 e. The van der Waals surface area contributed by atoms with E-state index in [2.05, 4.69) is 21.0 Å². The molecule has 0 spiro atoms. The molecule has 0 fully saturated rings. The van der Waals surface area contributed by atoms with Crippen molar-refractivity contribution in [2.75, 3.05) is 0 Å². The number of halogens is 1. The third kappa shape index (κ3) is 4.93. The number of hydrogen-bond acceptors (Lipinski definition) is 6. The Bertz CT molecular complexity index is 1340. The first-order chi connectivity index (χ1) is 15.5. The molecule has 0 radical (unpaired) electrons. The van der Waals surface area contributed by atoms with Crippen LogP contribution < -0.4 is 4.72 Å². The molecule has 1 aromatic heterocycles. The second-order valence-corrected chi connectivity index (χ2v) is 11.4. The number of fused-ring (bicyclic) bond motifs is 1. The number of aryl methyl sites for hydroxylation is 1. The molecule has 3 N–H and O–H groups in total. The van der Waals surface area contributed by atoms with E-state index < -0.39 is 21.7 Å². The van der Waals surface area contributed by atoms with Gasteiger partial charge in [-0.2, -0.15) is 4.72 Å². The van der Waals surface area contributed by atoms with E-state index >= 15 is 0 Å². The Labute approximate surface area is 203 Å². The minimum Gasteiger partial charge on any atom is -0.412 e. The Morgan fingerprint density at radius 3 is 2.70 bits per heavy atom. The summed E-state index contributed by atoms with van der Waals surface area (Å²) in [5.41, 5.74) is 2.59. The zero-order valence-electron chi connectivity index (χ0n) is 18.6. The zero-order chi connectivity index (χ0) is 24.0. The first kappa shape index (κ1) is 24.1. The van der Waals surface area contributed by atoms with Gasteiger partial charge in [-0.1, -0.05) is 36.7 Å². The Balaban J connectivity index is 1.76. The molecule has 10 heteroatoms. The van der Waals surface area contributed by atoms with Crippen molar-refractivity contribution in [2.24, 2.45) is 0 Å². The fraction of sp³-hybridized carbons (Fsp3) is 0.391. The molecule has 2 atom stereocenters. The fourth-order valence-corrected chi connectivity index (χ4v) is 6.15. The Kier molecular flexibility index (Phi) is 6.54. The number of sulfonamides is 1. The van der Waals surface area contributed by atoms with Gasteiger partial charge in [0.15, 0.2) is 0 Å². The first-order valence-electron chi connectivity index (χ1n) is 10.7. The van der Waals surface area contributed by atoms with Crippen molar-refractivity contribution in [3.8, 4) is 0 Å². The lowest BCUT2D eigenvalue weighted by Crippen LogP contribution is -2.33. The van der Waals surface area contributed by atoms with Crippen LogP contribution in [0.2, 0.25) is 5.02 Å². The second kappa shape index (κ2) is 8.96. The van der Waals surface area contributed by atoms with E-state index in [0.717, 1.165) is 24.8 Å². The maximum absolute atomic E-state index is 13.4. The first-order valence-corrected chi connectivity index (χ1v) is 12.9. The highest BCUT2D eigenvalue weighted by Gasteiger charge is 2.33. The average Bonchev–Trinajstić information content (AvgIpc) is 3.39. The predicted octanol–water partition coefficient (Wildman–Crippen LogP) is 4.92. The summed E-state index contributed by atoms with van der Waals surface area (Å²) in [4.78, 5) is 0.0455. The molecule has 2 unspecified atom stereocenters. The normalized spacial score (nSPS) is 15.9. The summed E-state index contributed by atoms with van der Waals surface area (Å²) in [6.07, 6.45) is 3.04. The van der Waals surface area contributed by atoms with Crippen LogP contribution in [0.5, 0.6) is 0 Å². The van der Waals surface area contributed by atoms with Gasteiger partial charge in [0, 0.05) is 16.5 Å². The van der Waals surface area contributed by atoms with Gasteiger partial charge in [0.05, 0.1) is 10.5 Å². The van der Waals surface area contributed by atoms with E-state index in [9.17, 15) is 13.5 Å². The van der Waals surface area contributed by atoms with Crippen molar-refractivity contribution in [2.45, 2.75) is 62.5 Å². The van der Waals surface area contributed by atoms with Crippen LogP contribution in [0.25, 0.3) is 0 Å². The minimum atomic E-state index is -4.03. The lowest BCUT2D eigenvalue weighted by molar-refractivity contribution is 0.0785. The largest absolute Gasteiger partial charge is 0.412 e. The average molecular weight is 508 g/mol. The van der Waals surface area contributed by atoms with Crippen LogP contribution in [0.4, 0.5) is 0 Å². The summed E-state index contributed by atoms with van der Waals surface area (Å²) in [5, 5.41) is 17.4. The molecule has 3 aromatic rings. The highest BCUT2D eigenvalue weighted by molar-refractivity contribution is 7.89. The van der Waals surface area contributed by atoms with Crippen molar-refractivity contribution in [1.82, 2.24) is 14.9 Å². The molecule has 7 nitrogen and oxygen atoms in total. The molecule has 4 rings (SSSR count). The van der Waals surface area contributed by atoms with Crippen molar-refractivity contribution in [1.29, 1.82) is 0 Å². The monoisotopic (exact) mass is 507 g/mol. The molecule has 1 aliphatic rings. The van der Waals surface area contributed by atoms with E-state index in [-0.39, 0.29) is 26.6 Å². The summed E-state index contributed by atoms with van der Waals surface area (Å²) in [7, 11) is -4.03. The molecule has 33 heavy (non-hydrogen) atoms. The number of nitrogens with one attached hydrogen (secondary N) is 2. The summed E-state index contributed by atoms with van der Waals surface area (Å²) >= 11 is 11.2. The van der Waals surface area contributed by atoms with Crippen molar-refractivity contribution in [3.63, 3.8) is 0 Å². The topological polar surface area (TPSA) is 108 Å². The van der Waals surface area contributed by atoms with Crippen LogP contribution in [0.1, 0.15) is 67.3 Å². The van der Waals surface area contributed by atoms with Crippen LogP contribution in [-0.4, -0.2) is 23.7 Å². The number of H-pyrrole nitrogens is 1. The van der Waals surface area contributed by atoms with Crippen LogP contribution in [0.15, 0.2) is 45.7 Å². The van der Waals surface area contributed by atoms with Crippen molar-refractivity contribution < 1.29 is 17.9 Å². The lowest BCUT2D eigenvalue weighted by Gasteiger charge is -2.25. The summed E-state index contributed by atoms with van der Waals surface area (Å²) < 4.78 is 35.2. The Morgan fingerprint density at radius 1 is 1.27 bits per heavy atom. The number of nitrogens with zero attached hydrogens (tertiary/aromatic N) is 1. The van der Waals surface area contributed by atoms with Crippen LogP contribution in [-0.2, 0) is 28.5 Å². The van der Waals surface area contributed by atoms with E-state index in [1.807, 2.05) is 19.1 Å². The highest BCUT2D eigenvalue weighted by atomic mass is 35.5. The molecule has 0 amide bonds. The van der Waals surface area contributed by atoms with Gasteiger partial charge in [-0.25, -0.2) is 13.5 Å². The van der Waals surface area contributed by atoms with Gasteiger partial charge in [-0.15, -0.1) is 5.10 Å². The Morgan fingerprint density at radius 2 is 2.03 bits per heavy atom. The number of aromatic amines is 1. The molecule has 0 aliphatic heterocycles. The number of aliphatic hydroxyl groups is 1. The predicted molar refractivity (Wildman–Crippen MR) is 128 cm³/mol. The van der Waals surface area contributed by atoms with Gasteiger partial charge in [-0.3, -0.25) is 0 Å². The van der Waals surface area contributed by atoms with E-state index in [0.29, 0.717) is 5.56 Å². The third-order valence-electron chi connectivity index (χ3n) is 6.08. The van der Waals surface area contributed by atoms with Gasteiger partial charge in [0.1, 0.15) is 6.04 Å². The molecular weight excluding hydrogens is 482 g/mol. The molecule has 0 bridgehead atoms. The van der Waals surface area contributed by atoms with Gasteiger partial charge >= 0.3 is 0 Å². The maximum Gasteiger partial charge on any atom is 0.284 e. The minimum absolute atomic E-state index is 0.0198. The maximum atomic E-state index is 13.4. The zero-order valence-corrected chi connectivity index (χ0v) is 20.9. The summed E-state index contributed by atoms with van der Waals surface area (Å²) in [6, 6.07) is 9.57. The van der Waals surface area contributed by atoms with E-state index in [1.165, 1.54) is 29.3 Å². The SMILES string of the molecule is CC(c1cccc2c1CCC2)C(NS(=O)(=O)c1ccc(Cl)c(C(C)(C)O)c1)c1n[nH]c(=S)o1. The van der Waals surface area contributed by atoms with E-state index in [1.54, 1.807) is 13.8 Å². The van der Waals surface area contributed by atoms with Crippen molar-refractivity contribution in [3.05, 3.63) is 74.4 Å². The number of aromatic nitrogens is 2. The van der Waals surface area contributed by atoms with E-state index in [4.69, 9.17) is 28.2 Å². The molecular formula is C23H26ClN3O4S2. The highest BCUT2D eigenvalue weighted by Crippen LogP contribution is 2.37.